The molecule has 23 heavy (non-hydrogen) atoms. The number of amides is 1. The van der Waals surface area contributed by atoms with Gasteiger partial charge in [-0.25, -0.2) is 8.78 Å². The van der Waals surface area contributed by atoms with E-state index in [0.29, 0.717) is 11.4 Å². The van der Waals surface area contributed by atoms with Gasteiger partial charge in [-0.3, -0.25) is 4.79 Å². The molecule has 1 aliphatic heterocycles. The number of hydrogen-bond donors (Lipinski definition) is 1. The van der Waals surface area contributed by atoms with Gasteiger partial charge in [0.1, 0.15) is 11.6 Å². The summed E-state index contributed by atoms with van der Waals surface area (Å²) < 4.78 is 27.4. The van der Waals surface area contributed by atoms with Gasteiger partial charge in [-0.05, 0) is 55.7 Å². The fourth-order valence-corrected chi connectivity index (χ4v) is 2.81. The largest absolute Gasteiger partial charge is 0.369 e. The van der Waals surface area contributed by atoms with Gasteiger partial charge in [0.2, 0.25) is 0 Å². The van der Waals surface area contributed by atoms with Gasteiger partial charge in [-0.1, -0.05) is 6.07 Å². The van der Waals surface area contributed by atoms with Crippen LogP contribution in [0, 0.1) is 11.6 Å². The van der Waals surface area contributed by atoms with Gasteiger partial charge in [0.05, 0.1) is 5.69 Å². The molecule has 1 saturated heterocycles. The number of anilines is 2. The zero-order chi connectivity index (χ0) is 16.2. The molecule has 0 aromatic heterocycles. The Hall–Kier alpha value is -2.43. The van der Waals surface area contributed by atoms with Crippen LogP contribution in [-0.2, 0) is 0 Å². The van der Waals surface area contributed by atoms with Gasteiger partial charge >= 0.3 is 0 Å². The third-order valence-corrected chi connectivity index (χ3v) is 3.99. The van der Waals surface area contributed by atoms with Crippen LogP contribution < -0.4 is 10.2 Å². The van der Waals surface area contributed by atoms with E-state index < -0.39 is 11.7 Å². The predicted molar refractivity (Wildman–Crippen MR) is 86.8 cm³/mol. The Morgan fingerprint density at radius 2 is 1.78 bits per heavy atom. The molecule has 0 unspecified atom stereocenters. The van der Waals surface area contributed by atoms with E-state index in [0.717, 1.165) is 32.0 Å². The summed E-state index contributed by atoms with van der Waals surface area (Å²) in [5.41, 5.74) is 1.12. The van der Waals surface area contributed by atoms with Crippen molar-refractivity contribution in [2.75, 3.05) is 23.3 Å². The molecule has 2 aromatic carbocycles. The van der Waals surface area contributed by atoms with Gasteiger partial charge in [0, 0.05) is 24.3 Å². The van der Waals surface area contributed by atoms with Crippen molar-refractivity contribution in [3.05, 3.63) is 59.7 Å². The zero-order valence-corrected chi connectivity index (χ0v) is 12.7. The van der Waals surface area contributed by atoms with E-state index in [1.807, 2.05) is 4.90 Å². The second kappa shape index (κ2) is 6.77. The maximum atomic E-state index is 14.3. The number of rotatable bonds is 3. The Balaban J connectivity index is 1.73. The summed E-state index contributed by atoms with van der Waals surface area (Å²) in [6, 6.07) is 10.0. The average Bonchev–Trinajstić information content (AvgIpc) is 2.56. The Labute approximate surface area is 133 Å². The van der Waals surface area contributed by atoms with Gasteiger partial charge in [-0.15, -0.1) is 0 Å². The molecular formula is C18H18F2N2O. The molecule has 1 heterocycles. The molecule has 1 fully saturated rings. The fraction of sp³-hybridized carbons (Fsp3) is 0.278. The van der Waals surface area contributed by atoms with E-state index >= 15 is 0 Å². The molecule has 0 radical (unpaired) electrons. The highest BCUT2D eigenvalue weighted by Crippen LogP contribution is 2.26. The third kappa shape index (κ3) is 3.67. The van der Waals surface area contributed by atoms with Crippen molar-refractivity contribution in [1.29, 1.82) is 0 Å². The number of halogens is 2. The van der Waals surface area contributed by atoms with E-state index in [4.69, 9.17) is 0 Å². The van der Waals surface area contributed by atoms with Crippen molar-refractivity contribution in [3.8, 4) is 0 Å². The summed E-state index contributed by atoms with van der Waals surface area (Å²) in [6.45, 7) is 1.71. The average molecular weight is 316 g/mol. The molecule has 1 amide bonds. The minimum Gasteiger partial charge on any atom is -0.369 e. The molecule has 0 spiro atoms. The lowest BCUT2D eigenvalue weighted by Gasteiger charge is -2.29. The standard InChI is InChI=1S/C18H18F2N2O/c19-14-6-4-5-13(11-14)18(23)21-15-7-8-17(16(20)12-15)22-9-2-1-3-10-22/h4-8,11-12H,1-3,9-10H2,(H,21,23). The number of carbonyl (C=O) groups excluding carboxylic acids is 1. The van der Waals surface area contributed by atoms with Crippen LogP contribution in [-0.4, -0.2) is 19.0 Å². The molecule has 0 saturated carbocycles. The van der Waals surface area contributed by atoms with Crippen LogP contribution in [0.3, 0.4) is 0 Å². The molecule has 120 valence electrons. The molecular weight excluding hydrogens is 298 g/mol. The highest BCUT2D eigenvalue weighted by molar-refractivity contribution is 6.04. The van der Waals surface area contributed by atoms with Crippen LogP contribution in [0.2, 0.25) is 0 Å². The number of nitrogens with one attached hydrogen (secondary N) is 1. The predicted octanol–water partition coefficient (Wildman–Crippen LogP) is 4.21. The molecule has 0 bridgehead atoms. The summed E-state index contributed by atoms with van der Waals surface area (Å²) in [7, 11) is 0. The molecule has 1 aliphatic rings. The molecule has 3 rings (SSSR count). The first-order valence-electron chi connectivity index (χ1n) is 7.75. The first-order valence-corrected chi connectivity index (χ1v) is 7.75. The van der Waals surface area contributed by atoms with Crippen LogP contribution in [0.1, 0.15) is 29.6 Å². The van der Waals surface area contributed by atoms with Crippen LogP contribution in [0.25, 0.3) is 0 Å². The Kier molecular flexibility index (Phi) is 4.55. The minimum atomic E-state index is -0.482. The lowest BCUT2D eigenvalue weighted by atomic mass is 10.1. The maximum absolute atomic E-state index is 14.3. The second-order valence-corrected chi connectivity index (χ2v) is 5.68. The van der Waals surface area contributed by atoms with Crippen molar-refractivity contribution in [1.82, 2.24) is 0 Å². The molecule has 3 nitrogen and oxygen atoms in total. The molecule has 5 heteroatoms. The molecule has 0 atom stereocenters. The SMILES string of the molecule is O=C(Nc1ccc(N2CCCCC2)c(F)c1)c1cccc(F)c1. The molecule has 0 aliphatic carbocycles. The number of piperidine rings is 1. The van der Waals surface area contributed by atoms with Gasteiger partial charge in [0.25, 0.3) is 5.91 Å². The monoisotopic (exact) mass is 316 g/mol. The van der Waals surface area contributed by atoms with Crippen LogP contribution in [0.4, 0.5) is 20.2 Å². The van der Waals surface area contributed by atoms with E-state index in [9.17, 15) is 13.6 Å². The molecule has 1 N–H and O–H groups in total. The van der Waals surface area contributed by atoms with Crippen LogP contribution >= 0.6 is 0 Å². The van der Waals surface area contributed by atoms with Crippen molar-refractivity contribution < 1.29 is 13.6 Å². The van der Waals surface area contributed by atoms with Crippen molar-refractivity contribution in [3.63, 3.8) is 0 Å². The first kappa shape index (κ1) is 15.5. The first-order chi connectivity index (χ1) is 11.1. The van der Waals surface area contributed by atoms with E-state index in [2.05, 4.69) is 5.32 Å². The smallest absolute Gasteiger partial charge is 0.255 e. The number of hydrogen-bond acceptors (Lipinski definition) is 2. The van der Waals surface area contributed by atoms with Crippen LogP contribution in [0.15, 0.2) is 42.5 Å². The summed E-state index contributed by atoms with van der Waals surface area (Å²) in [4.78, 5) is 14.1. The lowest BCUT2D eigenvalue weighted by Crippen LogP contribution is -2.30. The minimum absolute atomic E-state index is 0.200. The Morgan fingerprint density at radius 1 is 1.00 bits per heavy atom. The lowest BCUT2D eigenvalue weighted by molar-refractivity contribution is 0.102. The van der Waals surface area contributed by atoms with Crippen LogP contribution in [0.5, 0.6) is 0 Å². The Morgan fingerprint density at radius 3 is 2.48 bits per heavy atom. The van der Waals surface area contributed by atoms with Crippen molar-refractivity contribution in [2.45, 2.75) is 19.3 Å². The highest BCUT2D eigenvalue weighted by Gasteiger charge is 2.15. The topological polar surface area (TPSA) is 32.3 Å². The van der Waals surface area contributed by atoms with Gasteiger partial charge in [-0.2, -0.15) is 0 Å². The van der Waals surface area contributed by atoms with E-state index in [1.54, 1.807) is 12.1 Å². The van der Waals surface area contributed by atoms with E-state index in [-0.39, 0.29) is 11.4 Å². The summed E-state index contributed by atoms with van der Waals surface area (Å²) in [6.07, 6.45) is 3.31. The fourth-order valence-electron chi connectivity index (χ4n) is 2.81. The van der Waals surface area contributed by atoms with Gasteiger partial charge in [0.15, 0.2) is 0 Å². The highest BCUT2D eigenvalue weighted by atomic mass is 19.1. The Bertz CT molecular complexity index is 712. The quantitative estimate of drug-likeness (QED) is 0.920. The van der Waals surface area contributed by atoms with Crippen molar-refractivity contribution >= 4 is 17.3 Å². The summed E-state index contributed by atoms with van der Waals surface area (Å²) in [5.74, 6) is -1.30. The molecule has 2 aromatic rings. The number of nitrogens with zero attached hydrogens (tertiary/aromatic N) is 1. The van der Waals surface area contributed by atoms with Gasteiger partial charge < -0.3 is 10.2 Å². The zero-order valence-electron chi connectivity index (χ0n) is 12.7. The maximum Gasteiger partial charge on any atom is 0.255 e. The summed E-state index contributed by atoms with van der Waals surface area (Å²) in [5, 5.41) is 2.59. The third-order valence-electron chi connectivity index (χ3n) is 3.99. The second-order valence-electron chi connectivity index (χ2n) is 5.68. The number of carbonyl (C=O) groups is 1. The van der Waals surface area contributed by atoms with E-state index in [1.165, 1.54) is 30.7 Å². The number of benzene rings is 2. The van der Waals surface area contributed by atoms with Crippen molar-refractivity contribution in [2.24, 2.45) is 0 Å². The normalized spacial score (nSPS) is 14.6. The summed E-state index contributed by atoms with van der Waals surface area (Å²) >= 11 is 0.